The first-order chi connectivity index (χ1) is 9.22. The van der Waals surface area contributed by atoms with Crippen molar-refractivity contribution >= 4 is 17.3 Å². The second kappa shape index (κ2) is 4.72. The third-order valence-corrected chi connectivity index (χ3v) is 3.18. The number of fused-ring (bicyclic) bond motifs is 1. The summed E-state index contributed by atoms with van der Waals surface area (Å²) in [5, 5.41) is 6.07. The summed E-state index contributed by atoms with van der Waals surface area (Å²) in [4.78, 5) is 12.0. The molecule has 1 amide bonds. The van der Waals surface area contributed by atoms with Gasteiger partial charge in [0.1, 0.15) is 11.9 Å². The van der Waals surface area contributed by atoms with E-state index in [2.05, 4.69) is 10.6 Å². The van der Waals surface area contributed by atoms with E-state index in [9.17, 15) is 9.18 Å². The summed E-state index contributed by atoms with van der Waals surface area (Å²) >= 11 is 0. The van der Waals surface area contributed by atoms with Crippen molar-refractivity contribution < 1.29 is 9.18 Å². The highest BCUT2D eigenvalue weighted by molar-refractivity contribution is 6.03. The Balaban J connectivity index is 1.79. The van der Waals surface area contributed by atoms with Gasteiger partial charge in [0.25, 0.3) is 0 Å². The highest BCUT2D eigenvalue weighted by Gasteiger charge is 2.24. The molecule has 0 saturated carbocycles. The van der Waals surface area contributed by atoms with E-state index in [1.54, 1.807) is 12.1 Å². The molecule has 0 aliphatic carbocycles. The summed E-state index contributed by atoms with van der Waals surface area (Å²) in [5.41, 5.74) is 2.63. The Bertz CT molecular complexity index is 610. The molecule has 19 heavy (non-hydrogen) atoms. The van der Waals surface area contributed by atoms with Crippen molar-refractivity contribution in [3.63, 3.8) is 0 Å². The summed E-state index contributed by atoms with van der Waals surface area (Å²) in [7, 11) is 0. The highest BCUT2D eigenvalue weighted by atomic mass is 19.1. The molecule has 1 heterocycles. The molecular weight excluding hydrogens is 243 g/mol. The van der Waals surface area contributed by atoms with E-state index < -0.39 is 0 Å². The van der Waals surface area contributed by atoms with E-state index in [1.165, 1.54) is 12.1 Å². The topological polar surface area (TPSA) is 41.1 Å². The van der Waals surface area contributed by atoms with Crippen LogP contribution in [0.25, 0.3) is 0 Å². The van der Waals surface area contributed by atoms with Gasteiger partial charge in [-0.05, 0) is 29.8 Å². The van der Waals surface area contributed by atoms with Crippen LogP contribution in [-0.4, -0.2) is 11.9 Å². The van der Waals surface area contributed by atoms with E-state index in [4.69, 9.17) is 0 Å². The molecule has 1 aliphatic heterocycles. The molecule has 1 aliphatic rings. The number of hydrogen-bond acceptors (Lipinski definition) is 2. The Morgan fingerprint density at radius 3 is 2.42 bits per heavy atom. The first kappa shape index (κ1) is 11.7. The first-order valence-corrected chi connectivity index (χ1v) is 6.13. The van der Waals surface area contributed by atoms with Crippen LogP contribution < -0.4 is 10.6 Å². The SMILES string of the molecule is O=C1Nc2ccccc2NC1Cc1ccc(F)cc1. The number of amides is 1. The number of rotatable bonds is 2. The number of para-hydroxylation sites is 2. The van der Waals surface area contributed by atoms with Crippen molar-refractivity contribution in [1.82, 2.24) is 0 Å². The van der Waals surface area contributed by atoms with Crippen molar-refractivity contribution in [3.05, 3.63) is 59.9 Å². The van der Waals surface area contributed by atoms with Gasteiger partial charge in [-0.15, -0.1) is 0 Å². The van der Waals surface area contributed by atoms with E-state index in [-0.39, 0.29) is 17.8 Å². The quantitative estimate of drug-likeness (QED) is 0.867. The molecule has 4 heteroatoms. The third-order valence-electron chi connectivity index (χ3n) is 3.18. The minimum atomic E-state index is -0.333. The van der Waals surface area contributed by atoms with Gasteiger partial charge < -0.3 is 10.6 Å². The molecule has 0 fully saturated rings. The van der Waals surface area contributed by atoms with Crippen LogP contribution in [0.2, 0.25) is 0 Å². The van der Waals surface area contributed by atoms with Gasteiger partial charge >= 0.3 is 0 Å². The Morgan fingerprint density at radius 2 is 1.68 bits per heavy atom. The second-order valence-corrected chi connectivity index (χ2v) is 4.56. The lowest BCUT2D eigenvalue weighted by molar-refractivity contribution is -0.117. The van der Waals surface area contributed by atoms with Gasteiger partial charge in [0.05, 0.1) is 11.4 Å². The van der Waals surface area contributed by atoms with Crippen LogP contribution >= 0.6 is 0 Å². The number of benzene rings is 2. The van der Waals surface area contributed by atoms with E-state index >= 15 is 0 Å². The zero-order valence-electron chi connectivity index (χ0n) is 10.2. The molecule has 3 nitrogen and oxygen atoms in total. The van der Waals surface area contributed by atoms with Gasteiger partial charge in [0.15, 0.2) is 0 Å². The van der Waals surface area contributed by atoms with Gasteiger partial charge in [-0.3, -0.25) is 4.79 Å². The molecule has 0 radical (unpaired) electrons. The Hall–Kier alpha value is -2.36. The van der Waals surface area contributed by atoms with Crippen LogP contribution in [0.3, 0.4) is 0 Å². The van der Waals surface area contributed by atoms with Crippen LogP contribution in [0.5, 0.6) is 0 Å². The molecule has 0 saturated heterocycles. The molecule has 0 spiro atoms. The maximum Gasteiger partial charge on any atom is 0.247 e. The van der Waals surface area contributed by atoms with Crippen molar-refractivity contribution in [2.24, 2.45) is 0 Å². The summed E-state index contributed by atoms with van der Waals surface area (Å²) < 4.78 is 12.8. The standard InChI is InChI=1S/C15H13FN2O/c16-11-7-5-10(6-8-11)9-14-15(19)18-13-4-2-1-3-12(13)17-14/h1-8,14,17H,9H2,(H,18,19). The largest absolute Gasteiger partial charge is 0.372 e. The van der Waals surface area contributed by atoms with Gasteiger partial charge in [-0.1, -0.05) is 24.3 Å². The normalized spacial score (nSPS) is 17.3. The van der Waals surface area contributed by atoms with Gasteiger partial charge in [0.2, 0.25) is 5.91 Å². The average molecular weight is 256 g/mol. The van der Waals surface area contributed by atoms with Gasteiger partial charge in [0, 0.05) is 6.42 Å². The minimum Gasteiger partial charge on any atom is -0.372 e. The number of anilines is 2. The molecule has 3 rings (SSSR count). The number of halogens is 1. The summed E-state index contributed by atoms with van der Waals surface area (Å²) in [6.07, 6.45) is 0.528. The monoisotopic (exact) mass is 256 g/mol. The lowest BCUT2D eigenvalue weighted by Crippen LogP contribution is -2.40. The summed E-state index contributed by atoms with van der Waals surface area (Å²) in [6.45, 7) is 0. The van der Waals surface area contributed by atoms with Crippen LogP contribution in [0.4, 0.5) is 15.8 Å². The molecule has 0 bridgehead atoms. The number of carbonyl (C=O) groups excluding carboxylic acids is 1. The first-order valence-electron chi connectivity index (χ1n) is 6.13. The Kier molecular flexibility index (Phi) is 2.91. The molecule has 2 aromatic carbocycles. The van der Waals surface area contributed by atoms with E-state index in [0.29, 0.717) is 6.42 Å². The molecule has 1 unspecified atom stereocenters. The summed E-state index contributed by atoms with van der Waals surface area (Å²) in [6, 6.07) is 13.4. The molecule has 96 valence electrons. The fourth-order valence-electron chi connectivity index (χ4n) is 2.19. The number of hydrogen-bond donors (Lipinski definition) is 2. The maximum absolute atomic E-state index is 12.8. The predicted octanol–water partition coefficient (Wildman–Crippen LogP) is 2.80. The van der Waals surface area contributed by atoms with Crippen molar-refractivity contribution in [2.75, 3.05) is 10.6 Å². The number of nitrogens with one attached hydrogen (secondary N) is 2. The molecule has 2 N–H and O–H groups in total. The second-order valence-electron chi connectivity index (χ2n) is 4.56. The number of carbonyl (C=O) groups is 1. The van der Waals surface area contributed by atoms with Crippen molar-refractivity contribution in [2.45, 2.75) is 12.5 Å². The Morgan fingerprint density at radius 1 is 1.00 bits per heavy atom. The van der Waals surface area contributed by atoms with Crippen molar-refractivity contribution in [3.8, 4) is 0 Å². The summed E-state index contributed by atoms with van der Waals surface area (Å²) in [5.74, 6) is -0.335. The van der Waals surface area contributed by atoms with Crippen LogP contribution in [0.1, 0.15) is 5.56 Å². The lowest BCUT2D eigenvalue weighted by Gasteiger charge is -2.26. The van der Waals surface area contributed by atoms with E-state index in [0.717, 1.165) is 16.9 Å². The molecular formula is C15H13FN2O. The lowest BCUT2D eigenvalue weighted by atomic mass is 10.0. The van der Waals surface area contributed by atoms with Gasteiger partial charge in [-0.2, -0.15) is 0 Å². The molecule has 1 atom stereocenters. The van der Waals surface area contributed by atoms with Crippen molar-refractivity contribution in [1.29, 1.82) is 0 Å². The fourth-order valence-corrected chi connectivity index (χ4v) is 2.19. The van der Waals surface area contributed by atoms with Crippen LogP contribution in [0.15, 0.2) is 48.5 Å². The average Bonchev–Trinajstić information content (AvgIpc) is 2.42. The van der Waals surface area contributed by atoms with Gasteiger partial charge in [-0.25, -0.2) is 4.39 Å². The smallest absolute Gasteiger partial charge is 0.247 e. The van der Waals surface area contributed by atoms with Crippen LogP contribution in [0, 0.1) is 5.82 Å². The fraction of sp³-hybridized carbons (Fsp3) is 0.133. The maximum atomic E-state index is 12.8. The third kappa shape index (κ3) is 2.42. The zero-order valence-corrected chi connectivity index (χ0v) is 10.2. The molecule has 2 aromatic rings. The zero-order chi connectivity index (χ0) is 13.2. The minimum absolute atomic E-state index is 0.0666. The molecule has 0 aromatic heterocycles. The predicted molar refractivity (Wildman–Crippen MR) is 72.6 cm³/mol. The highest BCUT2D eigenvalue weighted by Crippen LogP contribution is 2.26. The Labute approximate surface area is 110 Å². The van der Waals surface area contributed by atoms with E-state index in [1.807, 2.05) is 24.3 Å². The van der Waals surface area contributed by atoms with Crippen LogP contribution in [-0.2, 0) is 11.2 Å².